The molecule has 8 nitrogen and oxygen atoms in total. The number of rotatable bonds is 8. The molecule has 1 atom stereocenters. The summed E-state index contributed by atoms with van der Waals surface area (Å²) in [6.45, 7) is 3.20. The Morgan fingerprint density at radius 1 is 0.833 bits per heavy atom. The summed E-state index contributed by atoms with van der Waals surface area (Å²) in [5, 5.41) is 16.2. The van der Waals surface area contributed by atoms with Gasteiger partial charge < -0.3 is 21.1 Å². The Labute approximate surface area is 177 Å². The summed E-state index contributed by atoms with van der Waals surface area (Å²) in [5.41, 5.74) is 1.78. The van der Waals surface area contributed by atoms with Crippen molar-refractivity contribution in [2.75, 3.05) is 16.0 Å². The highest BCUT2D eigenvalue weighted by atomic mass is 32.2. The van der Waals surface area contributed by atoms with E-state index < -0.39 is 11.9 Å². The van der Waals surface area contributed by atoms with Crippen LogP contribution in [0.2, 0.25) is 0 Å². The molecule has 0 heterocycles. The van der Waals surface area contributed by atoms with Gasteiger partial charge in [0.15, 0.2) is 0 Å². The predicted molar refractivity (Wildman–Crippen MR) is 117 cm³/mol. The molecule has 30 heavy (non-hydrogen) atoms. The highest BCUT2D eigenvalue weighted by Gasteiger charge is 2.15. The molecular weight excluding hydrogens is 406 g/mol. The van der Waals surface area contributed by atoms with Crippen LogP contribution in [-0.2, 0) is 19.2 Å². The summed E-state index contributed by atoms with van der Waals surface area (Å²) < 4.78 is 0. The highest BCUT2D eigenvalue weighted by molar-refractivity contribution is 8.00. The normalized spacial score (nSPS) is 11.5. The molecule has 1 unspecified atom stereocenters. The summed E-state index contributed by atoms with van der Waals surface area (Å²) in [6.07, 6.45) is 1.69. The number of hydrogen-bond donors (Lipinski definition) is 4. The number of carbonyl (C=O) groups excluding carboxylic acids is 3. The fourth-order valence-electron chi connectivity index (χ4n) is 2.29. The molecule has 2 rings (SSSR count). The van der Waals surface area contributed by atoms with Crippen molar-refractivity contribution in [2.24, 2.45) is 0 Å². The lowest BCUT2D eigenvalue weighted by Gasteiger charge is -2.13. The number of hydrogen-bond acceptors (Lipinski definition) is 5. The van der Waals surface area contributed by atoms with Crippen molar-refractivity contribution < 1.29 is 24.3 Å². The third-order valence-electron chi connectivity index (χ3n) is 3.65. The van der Waals surface area contributed by atoms with Crippen molar-refractivity contribution in [1.82, 2.24) is 0 Å². The van der Waals surface area contributed by atoms with E-state index in [4.69, 9.17) is 5.11 Å². The van der Waals surface area contributed by atoms with Gasteiger partial charge in [-0.2, -0.15) is 0 Å². The number of aliphatic carboxylic acids is 1. The monoisotopic (exact) mass is 427 g/mol. The van der Waals surface area contributed by atoms with Gasteiger partial charge in [0.2, 0.25) is 17.7 Å². The van der Waals surface area contributed by atoms with Crippen LogP contribution in [0.5, 0.6) is 0 Å². The van der Waals surface area contributed by atoms with Gasteiger partial charge in [0.1, 0.15) is 0 Å². The van der Waals surface area contributed by atoms with E-state index in [9.17, 15) is 19.2 Å². The van der Waals surface area contributed by atoms with Crippen molar-refractivity contribution >= 4 is 52.5 Å². The van der Waals surface area contributed by atoms with Gasteiger partial charge in [-0.05, 0) is 55.5 Å². The molecular formula is C21H21N3O5S. The Morgan fingerprint density at radius 2 is 1.33 bits per heavy atom. The van der Waals surface area contributed by atoms with Crippen LogP contribution < -0.4 is 16.0 Å². The molecule has 3 amide bonds. The number of amides is 3. The average molecular weight is 427 g/mol. The third kappa shape index (κ3) is 7.80. The molecule has 2 aromatic rings. The number of nitrogens with one attached hydrogen (secondary N) is 3. The first-order chi connectivity index (χ1) is 14.2. The second-order valence-corrected chi connectivity index (χ2v) is 7.61. The van der Waals surface area contributed by atoms with E-state index in [1.807, 2.05) is 0 Å². The molecule has 0 aliphatic heterocycles. The van der Waals surface area contributed by atoms with Gasteiger partial charge in [0.25, 0.3) is 0 Å². The summed E-state index contributed by atoms with van der Waals surface area (Å²) in [6, 6.07) is 13.7. The molecule has 0 bridgehead atoms. The molecule has 0 saturated carbocycles. The first kappa shape index (κ1) is 22.7. The van der Waals surface area contributed by atoms with E-state index in [1.54, 1.807) is 55.5 Å². The summed E-state index contributed by atoms with van der Waals surface area (Å²) >= 11 is 1.35. The largest absolute Gasteiger partial charge is 0.478 e. The summed E-state index contributed by atoms with van der Waals surface area (Å²) in [7, 11) is 0. The molecule has 0 aromatic heterocycles. The Morgan fingerprint density at radius 3 is 1.87 bits per heavy atom. The molecule has 0 spiro atoms. The van der Waals surface area contributed by atoms with Crippen LogP contribution in [-0.4, -0.2) is 34.0 Å². The maximum Gasteiger partial charge on any atom is 0.328 e. The molecule has 0 fully saturated rings. The molecule has 9 heteroatoms. The molecule has 2 aromatic carbocycles. The standard InChI is InChI=1S/C21H21N3O5S/c1-13(21(29)24-17-5-3-15(4-6-17)22-14(2)25)30-18-9-7-16(8-10-18)23-19(26)11-12-20(27)28/h3-13H,1-2H3,(H,22,25)(H,23,26)(H,24,29)(H,27,28)/b12-11+. The van der Waals surface area contributed by atoms with Crippen molar-refractivity contribution in [1.29, 1.82) is 0 Å². The van der Waals surface area contributed by atoms with Crippen LogP contribution in [0.3, 0.4) is 0 Å². The number of thioether (sulfide) groups is 1. The highest BCUT2D eigenvalue weighted by Crippen LogP contribution is 2.26. The summed E-state index contributed by atoms with van der Waals surface area (Å²) in [5.74, 6) is -2.09. The molecule has 4 N–H and O–H groups in total. The SMILES string of the molecule is CC(=O)Nc1ccc(NC(=O)C(C)Sc2ccc(NC(=O)/C=C/C(=O)O)cc2)cc1. The number of carboxylic acids is 1. The van der Waals surface area contributed by atoms with Crippen molar-refractivity contribution in [3.8, 4) is 0 Å². The maximum atomic E-state index is 12.4. The fraction of sp³-hybridized carbons (Fsp3) is 0.143. The zero-order valence-electron chi connectivity index (χ0n) is 16.3. The fourth-order valence-corrected chi connectivity index (χ4v) is 3.16. The van der Waals surface area contributed by atoms with Crippen LogP contribution in [0.1, 0.15) is 13.8 Å². The van der Waals surface area contributed by atoms with Crippen LogP contribution >= 0.6 is 11.8 Å². The topological polar surface area (TPSA) is 125 Å². The van der Waals surface area contributed by atoms with E-state index in [1.165, 1.54) is 18.7 Å². The van der Waals surface area contributed by atoms with Gasteiger partial charge in [-0.1, -0.05) is 0 Å². The second-order valence-electron chi connectivity index (χ2n) is 6.19. The zero-order chi connectivity index (χ0) is 22.1. The van der Waals surface area contributed by atoms with Crippen molar-refractivity contribution in [3.63, 3.8) is 0 Å². The van der Waals surface area contributed by atoms with Crippen LogP contribution in [0.4, 0.5) is 17.1 Å². The molecule has 0 aliphatic rings. The molecule has 0 radical (unpaired) electrons. The van der Waals surface area contributed by atoms with Gasteiger partial charge in [-0.3, -0.25) is 14.4 Å². The van der Waals surface area contributed by atoms with Crippen molar-refractivity contribution in [3.05, 3.63) is 60.7 Å². The number of benzene rings is 2. The van der Waals surface area contributed by atoms with Crippen LogP contribution in [0.15, 0.2) is 65.6 Å². The molecule has 0 aliphatic carbocycles. The minimum atomic E-state index is -1.20. The minimum Gasteiger partial charge on any atom is -0.478 e. The van der Waals surface area contributed by atoms with E-state index in [-0.39, 0.29) is 17.1 Å². The Balaban J connectivity index is 1.88. The van der Waals surface area contributed by atoms with Gasteiger partial charge in [0, 0.05) is 41.0 Å². The van der Waals surface area contributed by atoms with E-state index in [2.05, 4.69) is 16.0 Å². The maximum absolute atomic E-state index is 12.4. The molecule has 0 saturated heterocycles. The zero-order valence-corrected chi connectivity index (χ0v) is 17.2. The average Bonchev–Trinajstić information content (AvgIpc) is 2.69. The van der Waals surface area contributed by atoms with Gasteiger partial charge >= 0.3 is 5.97 Å². The lowest BCUT2D eigenvalue weighted by Crippen LogP contribution is -2.22. The first-order valence-electron chi connectivity index (χ1n) is 8.90. The third-order valence-corrected chi connectivity index (χ3v) is 4.77. The quantitative estimate of drug-likeness (QED) is 0.378. The van der Waals surface area contributed by atoms with Gasteiger partial charge in [0.05, 0.1) is 5.25 Å². The van der Waals surface area contributed by atoms with E-state index in [0.717, 1.165) is 17.0 Å². The summed E-state index contributed by atoms with van der Waals surface area (Å²) in [4.78, 5) is 46.3. The molecule has 156 valence electrons. The number of carbonyl (C=O) groups is 4. The predicted octanol–water partition coefficient (Wildman–Crippen LogP) is 3.34. The first-order valence-corrected chi connectivity index (χ1v) is 9.78. The Hall–Kier alpha value is -3.59. The van der Waals surface area contributed by atoms with Crippen LogP contribution in [0, 0.1) is 0 Å². The van der Waals surface area contributed by atoms with E-state index >= 15 is 0 Å². The van der Waals surface area contributed by atoms with E-state index in [0.29, 0.717) is 17.1 Å². The number of carboxylic acid groups (broad SMARTS) is 1. The van der Waals surface area contributed by atoms with Gasteiger partial charge in [-0.15, -0.1) is 11.8 Å². The number of anilines is 3. The Bertz CT molecular complexity index is 956. The lowest BCUT2D eigenvalue weighted by molar-refractivity contribution is -0.131. The lowest BCUT2D eigenvalue weighted by atomic mass is 10.2. The van der Waals surface area contributed by atoms with Crippen molar-refractivity contribution in [2.45, 2.75) is 24.0 Å². The minimum absolute atomic E-state index is 0.167. The van der Waals surface area contributed by atoms with Crippen LogP contribution in [0.25, 0.3) is 0 Å². The smallest absolute Gasteiger partial charge is 0.328 e. The Kier molecular flexibility index (Phi) is 8.18. The second kappa shape index (κ2) is 10.8. The van der Waals surface area contributed by atoms with Gasteiger partial charge in [-0.25, -0.2) is 4.79 Å².